The second-order valence-corrected chi connectivity index (χ2v) is 6.76. The summed E-state index contributed by atoms with van der Waals surface area (Å²) in [5.74, 6) is 0.187. The number of hydrazine groups is 1. The van der Waals surface area contributed by atoms with Gasteiger partial charge in [0.05, 0.1) is 10.9 Å². The SMILES string of the molecule is CCn1c(NNC(=O)Cn2nnc(-c3ccc(Cl)cc3)n2)nc2ccccc2c1=O. The predicted octanol–water partition coefficient (Wildman–Crippen LogP) is 1.87. The van der Waals surface area contributed by atoms with Crippen molar-refractivity contribution in [1.29, 1.82) is 0 Å². The van der Waals surface area contributed by atoms with E-state index in [1.54, 1.807) is 48.5 Å². The Morgan fingerprint density at radius 2 is 1.90 bits per heavy atom. The summed E-state index contributed by atoms with van der Waals surface area (Å²) in [6.45, 7) is 2.05. The first kappa shape index (κ1) is 19.5. The summed E-state index contributed by atoms with van der Waals surface area (Å²) in [7, 11) is 0. The van der Waals surface area contributed by atoms with Crippen LogP contribution in [0, 0.1) is 0 Å². The zero-order valence-corrected chi connectivity index (χ0v) is 16.7. The molecule has 0 aliphatic heterocycles. The number of rotatable bonds is 6. The monoisotopic (exact) mass is 424 g/mol. The number of aromatic nitrogens is 6. The van der Waals surface area contributed by atoms with E-state index >= 15 is 0 Å². The molecule has 0 atom stereocenters. The van der Waals surface area contributed by atoms with Crippen molar-refractivity contribution < 1.29 is 4.79 Å². The smallest absolute Gasteiger partial charge is 0.262 e. The quantitative estimate of drug-likeness (QED) is 0.453. The highest BCUT2D eigenvalue weighted by Gasteiger charge is 2.12. The van der Waals surface area contributed by atoms with E-state index in [1.807, 2.05) is 6.92 Å². The van der Waals surface area contributed by atoms with Crippen molar-refractivity contribution in [2.45, 2.75) is 20.0 Å². The molecule has 0 radical (unpaired) electrons. The number of carbonyl (C=O) groups is 1. The van der Waals surface area contributed by atoms with E-state index < -0.39 is 5.91 Å². The van der Waals surface area contributed by atoms with Gasteiger partial charge in [-0.1, -0.05) is 23.7 Å². The average molecular weight is 425 g/mol. The molecule has 0 spiro atoms. The first-order valence-electron chi connectivity index (χ1n) is 9.13. The topological polar surface area (TPSA) is 120 Å². The molecule has 4 aromatic rings. The molecule has 4 rings (SSSR count). The number of nitrogens with zero attached hydrogens (tertiary/aromatic N) is 6. The van der Waals surface area contributed by atoms with E-state index in [0.717, 1.165) is 5.56 Å². The van der Waals surface area contributed by atoms with E-state index in [2.05, 4.69) is 31.2 Å². The molecular formula is C19H17ClN8O2. The van der Waals surface area contributed by atoms with Crippen LogP contribution >= 0.6 is 11.6 Å². The molecule has 0 unspecified atom stereocenters. The van der Waals surface area contributed by atoms with Gasteiger partial charge in [0.15, 0.2) is 0 Å². The van der Waals surface area contributed by atoms with Crippen molar-refractivity contribution in [3.63, 3.8) is 0 Å². The number of nitrogens with one attached hydrogen (secondary N) is 2. The van der Waals surface area contributed by atoms with Crippen LogP contribution in [0.5, 0.6) is 0 Å². The van der Waals surface area contributed by atoms with E-state index in [4.69, 9.17) is 11.6 Å². The minimum Gasteiger partial charge on any atom is -0.277 e. The number of fused-ring (bicyclic) bond motifs is 1. The normalized spacial score (nSPS) is 10.9. The lowest BCUT2D eigenvalue weighted by Crippen LogP contribution is -2.36. The van der Waals surface area contributed by atoms with Gasteiger partial charge in [0.25, 0.3) is 11.5 Å². The van der Waals surface area contributed by atoms with Crippen LogP contribution in [-0.2, 0) is 17.9 Å². The summed E-state index contributed by atoms with van der Waals surface area (Å²) < 4.78 is 1.44. The maximum Gasteiger partial charge on any atom is 0.262 e. The number of hydrogen-bond donors (Lipinski definition) is 2. The number of hydrogen-bond acceptors (Lipinski definition) is 7. The molecule has 11 heteroatoms. The molecule has 152 valence electrons. The molecule has 0 aliphatic carbocycles. The van der Waals surface area contributed by atoms with Gasteiger partial charge in [-0.15, -0.1) is 10.2 Å². The standard InChI is InChI=1S/C19H17ClN8O2/c1-2-27-18(30)14-5-3-4-6-15(14)21-19(27)24-22-16(29)11-28-25-17(23-26-28)12-7-9-13(20)10-8-12/h3-10H,2,11H2,1H3,(H,21,24)(H,22,29). The Balaban J connectivity index is 1.45. The molecule has 2 heterocycles. The number of halogens is 1. The zero-order valence-electron chi connectivity index (χ0n) is 15.9. The third-order valence-electron chi connectivity index (χ3n) is 4.33. The summed E-state index contributed by atoms with van der Waals surface area (Å²) >= 11 is 5.87. The minimum absolute atomic E-state index is 0.169. The highest BCUT2D eigenvalue weighted by atomic mass is 35.5. The second kappa shape index (κ2) is 8.29. The first-order valence-corrected chi connectivity index (χ1v) is 9.51. The van der Waals surface area contributed by atoms with Gasteiger partial charge in [-0.05, 0) is 48.5 Å². The van der Waals surface area contributed by atoms with Gasteiger partial charge in [-0.25, -0.2) is 4.98 Å². The molecule has 0 bridgehead atoms. The Morgan fingerprint density at radius 1 is 1.13 bits per heavy atom. The highest BCUT2D eigenvalue weighted by molar-refractivity contribution is 6.30. The maximum atomic E-state index is 12.6. The lowest BCUT2D eigenvalue weighted by atomic mass is 10.2. The van der Waals surface area contributed by atoms with Gasteiger partial charge in [0, 0.05) is 17.1 Å². The van der Waals surface area contributed by atoms with Gasteiger partial charge in [0.2, 0.25) is 11.8 Å². The fourth-order valence-corrected chi connectivity index (χ4v) is 3.00. The predicted molar refractivity (Wildman–Crippen MR) is 112 cm³/mol. The maximum absolute atomic E-state index is 12.6. The zero-order chi connectivity index (χ0) is 21.1. The Hall–Kier alpha value is -3.79. The molecule has 10 nitrogen and oxygen atoms in total. The Kier molecular flexibility index (Phi) is 5.40. The summed E-state index contributed by atoms with van der Waals surface area (Å²) in [6.07, 6.45) is 0. The second-order valence-electron chi connectivity index (χ2n) is 6.33. The lowest BCUT2D eigenvalue weighted by Gasteiger charge is -2.13. The van der Waals surface area contributed by atoms with Crippen molar-refractivity contribution in [2.75, 3.05) is 5.43 Å². The number of benzene rings is 2. The molecule has 1 amide bonds. The third-order valence-corrected chi connectivity index (χ3v) is 4.58. The van der Waals surface area contributed by atoms with Crippen LogP contribution in [0.4, 0.5) is 5.95 Å². The fraction of sp³-hybridized carbons (Fsp3) is 0.158. The van der Waals surface area contributed by atoms with Crippen molar-refractivity contribution in [1.82, 2.24) is 35.2 Å². The van der Waals surface area contributed by atoms with Crippen LogP contribution < -0.4 is 16.4 Å². The average Bonchev–Trinajstić information content (AvgIpc) is 3.21. The van der Waals surface area contributed by atoms with E-state index in [0.29, 0.717) is 28.3 Å². The minimum atomic E-state index is -0.430. The molecular weight excluding hydrogens is 408 g/mol. The Morgan fingerprint density at radius 3 is 2.67 bits per heavy atom. The fourth-order valence-electron chi connectivity index (χ4n) is 2.88. The van der Waals surface area contributed by atoms with Gasteiger partial charge in [0.1, 0.15) is 6.54 Å². The van der Waals surface area contributed by atoms with Crippen LogP contribution in [0.15, 0.2) is 53.3 Å². The van der Waals surface area contributed by atoms with Crippen molar-refractivity contribution in [3.05, 3.63) is 63.9 Å². The van der Waals surface area contributed by atoms with E-state index in [-0.39, 0.29) is 18.1 Å². The number of carbonyl (C=O) groups excluding carboxylic acids is 1. The van der Waals surface area contributed by atoms with Gasteiger partial charge < -0.3 is 0 Å². The van der Waals surface area contributed by atoms with Gasteiger partial charge in [-0.2, -0.15) is 4.80 Å². The molecule has 2 N–H and O–H groups in total. The summed E-state index contributed by atoms with van der Waals surface area (Å²) in [4.78, 5) is 30.5. The molecule has 2 aromatic heterocycles. The molecule has 0 fully saturated rings. The van der Waals surface area contributed by atoms with Crippen LogP contribution in [-0.4, -0.2) is 35.7 Å². The third kappa shape index (κ3) is 3.98. The number of anilines is 1. The van der Waals surface area contributed by atoms with Crippen molar-refractivity contribution >= 4 is 34.4 Å². The number of tetrazole rings is 1. The van der Waals surface area contributed by atoms with Gasteiger partial charge >= 0.3 is 0 Å². The summed E-state index contributed by atoms with van der Waals surface area (Å²) in [5, 5.41) is 13.1. The summed E-state index contributed by atoms with van der Waals surface area (Å²) in [5.41, 5.74) is 6.30. The van der Waals surface area contributed by atoms with Crippen LogP contribution in [0.3, 0.4) is 0 Å². The van der Waals surface area contributed by atoms with E-state index in [1.165, 1.54) is 9.36 Å². The number of amides is 1. The first-order chi connectivity index (χ1) is 14.5. The number of para-hydroxylation sites is 1. The van der Waals surface area contributed by atoms with Crippen molar-refractivity contribution in [2.24, 2.45) is 0 Å². The van der Waals surface area contributed by atoms with Crippen LogP contribution in [0.1, 0.15) is 6.92 Å². The van der Waals surface area contributed by atoms with Crippen LogP contribution in [0.2, 0.25) is 5.02 Å². The Bertz CT molecular complexity index is 1270. The lowest BCUT2D eigenvalue weighted by molar-refractivity contribution is -0.121. The van der Waals surface area contributed by atoms with E-state index in [9.17, 15) is 9.59 Å². The van der Waals surface area contributed by atoms with Gasteiger partial charge in [-0.3, -0.25) is 25.0 Å². The highest BCUT2D eigenvalue weighted by Crippen LogP contribution is 2.17. The molecule has 2 aromatic carbocycles. The van der Waals surface area contributed by atoms with Crippen LogP contribution in [0.25, 0.3) is 22.3 Å². The molecule has 30 heavy (non-hydrogen) atoms. The van der Waals surface area contributed by atoms with Crippen molar-refractivity contribution in [3.8, 4) is 11.4 Å². The Labute approximate surface area is 175 Å². The molecule has 0 saturated heterocycles. The largest absolute Gasteiger partial charge is 0.277 e. The molecule has 0 aliphatic rings. The summed E-state index contributed by atoms with van der Waals surface area (Å²) in [6, 6.07) is 14.0. The molecule has 0 saturated carbocycles.